The zero-order valence-corrected chi connectivity index (χ0v) is 60.4. The molecule has 0 aromatic heterocycles. The Balaban J connectivity index is 4.17. The van der Waals surface area contributed by atoms with Crippen molar-refractivity contribution in [3.05, 3.63) is 158 Å². The lowest BCUT2D eigenvalue weighted by Gasteiger charge is -2.29. The predicted molar refractivity (Wildman–Crippen MR) is 398 cm³/mol. The lowest BCUT2D eigenvalue weighted by atomic mass is 10.0. The van der Waals surface area contributed by atoms with Gasteiger partial charge in [0.25, 0.3) is 7.82 Å². The summed E-state index contributed by atoms with van der Waals surface area (Å²) >= 11 is 0. The maximum atomic E-state index is 13.0. The molecular weight excluding hydrogens is 1140 g/mol. The maximum absolute atomic E-state index is 13.0. The van der Waals surface area contributed by atoms with E-state index in [1.807, 2.05) is 27.2 Å². The molecule has 0 saturated heterocycles. The number of phosphoric acid groups is 1. The highest BCUT2D eigenvalue weighted by atomic mass is 31.2. The van der Waals surface area contributed by atoms with Gasteiger partial charge in [0.2, 0.25) is 5.91 Å². The van der Waals surface area contributed by atoms with Crippen LogP contribution in [0, 0.1) is 0 Å². The van der Waals surface area contributed by atoms with Crippen LogP contribution in [0.2, 0.25) is 0 Å². The molecule has 0 aromatic carbocycles. The number of rotatable bonds is 67. The number of aliphatic hydroxyl groups is 1. The number of carbonyl (C=O) groups is 1. The lowest BCUT2D eigenvalue weighted by molar-refractivity contribution is -0.870. The smallest absolute Gasteiger partial charge is 0.268 e. The van der Waals surface area contributed by atoms with Gasteiger partial charge >= 0.3 is 0 Å². The van der Waals surface area contributed by atoms with Crippen LogP contribution in [0.15, 0.2) is 158 Å². The zero-order chi connectivity index (χ0) is 66.2. The van der Waals surface area contributed by atoms with Crippen molar-refractivity contribution in [3.63, 3.8) is 0 Å². The Morgan fingerprint density at radius 3 is 1.02 bits per heavy atom. The third-order valence-corrected chi connectivity index (χ3v) is 16.9. The molecule has 520 valence electrons. The van der Waals surface area contributed by atoms with Crippen molar-refractivity contribution in [2.75, 3.05) is 40.9 Å². The Kier molecular flexibility index (Phi) is 67.4. The molecule has 3 atom stereocenters. The molecule has 0 aliphatic carbocycles. The molecule has 1 amide bonds. The van der Waals surface area contributed by atoms with Crippen molar-refractivity contribution in [1.82, 2.24) is 5.32 Å². The number of quaternary nitrogens is 1. The number of nitrogens with zero attached hydrogens (tertiary/aromatic N) is 1. The first kappa shape index (κ1) is 87.1. The standard InChI is InChI=1S/C82H141N2O6P/c1-6-8-10-12-14-16-18-20-22-24-26-28-30-32-34-36-37-38-39-40-41-42-43-44-45-46-47-48-50-52-54-56-58-60-62-64-66-68-70-72-74-76-82(86)83-80(79-90-91(87,88)89-78-77-84(3,4)5)81(85)75-73-71-69-67-65-63-61-59-57-55-53-51-49-35-33-31-29-27-25-23-21-19-17-15-13-11-9-7-2/h8,10,14,16,20,22,26,28,32,34,37-38,40-41,43-44,46-47,50,52,56,58,65,67,73,75,80-81,85H,6-7,9,11-13,15,17-19,21,23-25,27,29-31,33,35-36,39,42,45,48-49,51,53-55,57,59-64,66,68-72,74,76-79H2,1-5H3,(H-,83,86,87,88)/b10-8-,16-14-,22-20-,28-26-,34-32-,38-37-,41-40-,44-43-,47-46-,52-50-,58-56-,67-65+,75-73+. The SMILES string of the molecule is CC/C=C\C/C=C\C/C=C\C/C=C\C/C=C\C/C=C\C/C=C\C/C=C\C/C=C\C/C=C\C/C=C\CCCCCCCCCC(=O)NC(COP(=O)([O-])OCC[N+](C)(C)C)C(O)/C=C/CC/C=C/CCCCCCCCCCCCCCCCCCCCCCCC. The van der Waals surface area contributed by atoms with Crippen molar-refractivity contribution >= 4 is 13.7 Å². The van der Waals surface area contributed by atoms with Crippen LogP contribution in [0.25, 0.3) is 0 Å². The van der Waals surface area contributed by atoms with Crippen molar-refractivity contribution in [2.24, 2.45) is 0 Å². The van der Waals surface area contributed by atoms with E-state index in [1.165, 1.54) is 161 Å². The van der Waals surface area contributed by atoms with Crippen molar-refractivity contribution in [1.29, 1.82) is 0 Å². The van der Waals surface area contributed by atoms with Gasteiger partial charge in [0.05, 0.1) is 39.9 Å². The molecule has 0 aromatic rings. The van der Waals surface area contributed by atoms with Crippen molar-refractivity contribution < 1.29 is 32.9 Å². The van der Waals surface area contributed by atoms with Gasteiger partial charge in [-0.3, -0.25) is 9.36 Å². The first-order valence-corrected chi connectivity index (χ1v) is 38.8. The van der Waals surface area contributed by atoms with Crippen LogP contribution in [0.5, 0.6) is 0 Å². The first-order chi connectivity index (χ1) is 44.5. The summed E-state index contributed by atoms with van der Waals surface area (Å²) in [6, 6.07) is -0.923. The fourth-order valence-corrected chi connectivity index (χ4v) is 11.0. The second-order valence-corrected chi connectivity index (χ2v) is 27.3. The highest BCUT2D eigenvalue weighted by molar-refractivity contribution is 7.45. The molecule has 0 radical (unpaired) electrons. The van der Waals surface area contributed by atoms with Gasteiger partial charge in [-0.05, 0) is 116 Å². The highest BCUT2D eigenvalue weighted by Crippen LogP contribution is 2.38. The normalized spacial score (nSPS) is 14.5. The second kappa shape index (κ2) is 70.4. The molecule has 0 spiro atoms. The quantitative estimate of drug-likeness (QED) is 0.0272. The van der Waals surface area contributed by atoms with E-state index in [0.717, 1.165) is 122 Å². The number of carbonyl (C=O) groups excluding carboxylic acids is 1. The molecule has 0 aliphatic heterocycles. The van der Waals surface area contributed by atoms with Gasteiger partial charge in [-0.1, -0.05) is 339 Å². The van der Waals surface area contributed by atoms with Gasteiger partial charge in [-0.25, -0.2) is 0 Å². The van der Waals surface area contributed by atoms with Crippen LogP contribution in [0.1, 0.15) is 303 Å². The molecule has 0 aliphatic rings. The molecule has 0 rings (SSSR count). The summed E-state index contributed by atoms with van der Waals surface area (Å²) in [5.41, 5.74) is 0. The topological polar surface area (TPSA) is 108 Å². The average molecular weight is 1280 g/mol. The average Bonchev–Trinajstić information content (AvgIpc) is 3.59. The monoisotopic (exact) mass is 1280 g/mol. The summed E-state index contributed by atoms with van der Waals surface area (Å²) in [4.78, 5) is 25.7. The van der Waals surface area contributed by atoms with E-state index in [9.17, 15) is 19.4 Å². The summed E-state index contributed by atoms with van der Waals surface area (Å²) in [6.45, 7) is 4.52. The number of aliphatic hydroxyl groups excluding tert-OH is 1. The zero-order valence-electron chi connectivity index (χ0n) is 59.5. The van der Waals surface area contributed by atoms with Crippen LogP contribution in [0.4, 0.5) is 0 Å². The number of unbranched alkanes of at least 4 members (excludes halogenated alkanes) is 30. The molecule has 3 unspecified atom stereocenters. The van der Waals surface area contributed by atoms with E-state index >= 15 is 0 Å². The first-order valence-electron chi connectivity index (χ1n) is 37.3. The maximum Gasteiger partial charge on any atom is 0.268 e. The van der Waals surface area contributed by atoms with Gasteiger partial charge < -0.3 is 28.8 Å². The molecule has 91 heavy (non-hydrogen) atoms. The third-order valence-electron chi connectivity index (χ3n) is 16.0. The van der Waals surface area contributed by atoms with Crippen LogP contribution in [-0.4, -0.2) is 68.5 Å². The Labute approximate surface area is 562 Å². The molecule has 8 nitrogen and oxygen atoms in total. The molecule has 0 saturated carbocycles. The van der Waals surface area contributed by atoms with Crippen LogP contribution < -0.4 is 10.2 Å². The van der Waals surface area contributed by atoms with E-state index in [4.69, 9.17) is 9.05 Å². The minimum atomic E-state index is -4.63. The van der Waals surface area contributed by atoms with Gasteiger partial charge in [-0.2, -0.15) is 0 Å². The van der Waals surface area contributed by atoms with Gasteiger partial charge in [0.1, 0.15) is 13.2 Å². The fourth-order valence-electron chi connectivity index (χ4n) is 10.2. The number of hydrogen-bond acceptors (Lipinski definition) is 6. The van der Waals surface area contributed by atoms with Crippen LogP contribution in [-0.2, 0) is 18.4 Å². The summed E-state index contributed by atoms with van der Waals surface area (Å²) in [5.74, 6) is -0.222. The Morgan fingerprint density at radius 2 is 0.681 bits per heavy atom. The molecule has 0 heterocycles. The third kappa shape index (κ3) is 73.4. The number of amides is 1. The number of hydrogen-bond donors (Lipinski definition) is 2. The number of nitrogens with one attached hydrogen (secondary N) is 1. The largest absolute Gasteiger partial charge is 0.756 e. The molecule has 0 fully saturated rings. The minimum Gasteiger partial charge on any atom is -0.756 e. The number of likely N-dealkylation sites (N-methyl/N-ethyl adjacent to an activating group) is 1. The van der Waals surface area contributed by atoms with Crippen molar-refractivity contribution in [3.8, 4) is 0 Å². The summed E-state index contributed by atoms with van der Waals surface area (Å²) in [7, 11) is 1.22. The fraction of sp³-hybridized carbons (Fsp3) is 0.671. The highest BCUT2D eigenvalue weighted by Gasteiger charge is 2.23. The van der Waals surface area contributed by atoms with E-state index in [1.54, 1.807) is 6.08 Å². The van der Waals surface area contributed by atoms with Gasteiger partial charge in [-0.15, -0.1) is 0 Å². The minimum absolute atomic E-state index is 0.0162. The Morgan fingerprint density at radius 1 is 0.396 bits per heavy atom. The van der Waals surface area contributed by atoms with Gasteiger partial charge in [0.15, 0.2) is 0 Å². The summed E-state index contributed by atoms with van der Waals surface area (Å²) < 4.78 is 23.4. The Hall–Kier alpha value is -3.88. The second-order valence-electron chi connectivity index (χ2n) is 25.9. The number of phosphoric ester groups is 1. The van der Waals surface area contributed by atoms with Crippen molar-refractivity contribution in [2.45, 2.75) is 315 Å². The van der Waals surface area contributed by atoms with Gasteiger partial charge in [0, 0.05) is 6.42 Å². The molecule has 2 N–H and O–H groups in total. The van der Waals surface area contributed by atoms with Crippen LogP contribution in [0.3, 0.4) is 0 Å². The molecular formula is C82H141N2O6P. The molecule has 9 heteroatoms. The number of allylic oxidation sites excluding steroid dienone is 25. The lowest BCUT2D eigenvalue weighted by Crippen LogP contribution is -2.45. The van der Waals surface area contributed by atoms with E-state index in [2.05, 4.69) is 165 Å². The summed E-state index contributed by atoms with van der Waals surface area (Å²) in [6.07, 6.45) is 109. The predicted octanol–water partition coefficient (Wildman–Crippen LogP) is 23.9. The molecule has 0 bridgehead atoms. The van der Waals surface area contributed by atoms with E-state index < -0.39 is 26.6 Å². The van der Waals surface area contributed by atoms with Crippen LogP contribution >= 0.6 is 7.82 Å². The summed E-state index contributed by atoms with van der Waals surface area (Å²) in [5, 5.41) is 13.9. The Bertz CT molecular complexity index is 2050. The van der Waals surface area contributed by atoms with E-state index in [0.29, 0.717) is 17.4 Å². The van der Waals surface area contributed by atoms with E-state index in [-0.39, 0.29) is 12.5 Å².